The number of amides is 1. The van der Waals surface area contributed by atoms with Gasteiger partial charge in [-0.05, 0) is 47.5 Å². The Morgan fingerprint density at radius 1 is 1.00 bits per heavy atom. The van der Waals surface area contributed by atoms with Crippen molar-refractivity contribution in [2.75, 3.05) is 39.5 Å². The van der Waals surface area contributed by atoms with Crippen molar-refractivity contribution in [2.24, 2.45) is 5.84 Å². The number of ether oxygens (including phenoxy) is 2. The first-order valence-corrected chi connectivity index (χ1v) is 12.4. The van der Waals surface area contributed by atoms with E-state index in [4.69, 9.17) is 27.5 Å². The van der Waals surface area contributed by atoms with Crippen LogP contribution >= 0.6 is 24.0 Å². The summed E-state index contributed by atoms with van der Waals surface area (Å²) in [5.41, 5.74) is -2.83. The highest BCUT2D eigenvalue weighted by Crippen LogP contribution is 2.40. The normalized spacial score (nSPS) is 18.5. The molecule has 0 saturated carbocycles. The van der Waals surface area contributed by atoms with Gasteiger partial charge < -0.3 is 9.47 Å². The van der Waals surface area contributed by atoms with Crippen molar-refractivity contribution in [3.05, 3.63) is 58.0 Å². The van der Waals surface area contributed by atoms with Crippen LogP contribution in [0.3, 0.4) is 0 Å². The van der Waals surface area contributed by atoms with Crippen molar-refractivity contribution in [3.63, 3.8) is 0 Å². The van der Waals surface area contributed by atoms with Crippen LogP contribution in [-0.4, -0.2) is 59.6 Å². The molecule has 2 aromatic carbocycles. The molecule has 204 valence electrons. The van der Waals surface area contributed by atoms with E-state index in [1.54, 1.807) is 0 Å². The predicted molar refractivity (Wildman–Crippen MR) is 134 cm³/mol. The number of hydrogen-bond donors (Lipinski definition) is 1. The van der Waals surface area contributed by atoms with Gasteiger partial charge in [0, 0.05) is 25.2 Å². The Morgan fingerprint density at radius 3 is 2.18 bits per heavy atom. The maximum Gasteiger partial charge on any atom is 0.416 e. The molecule has 2 aliphatic heterocycles. The quantitative estimate of drug-likeness (QED) is 0.167. The van der Waals surface area contributed by atoms with Crippen molar-refractivity contribution in [3.8, 4) is 16.9 Å². The number of hydrogen-bond acceptors (Lipinski definition) is 7. The molecule has 0 unspecified atom stereocenters. The lowest BCUT2D eigenvalue weighted by atomic mass is 9.97. The summed E-state index contributed by atoms with van der Waals surface area (Å²) in [5, 5.41) is 0.775. The average Bonchev–Trinajstić information content (AvgIpc) is 3.10. The third kappa shape index (κ3) is 6.67. The number of alkyl halides is 6. The highest BCUT2D eigenvalue weighted by Gasteiger charge is 2.37. The Morgan fingerprint density at radius 2 is 1.63 bits per heavy atom. The van der Waals surface area contributed by atoms with Gasteiger partial charge in [-0.3, -0.25) is 9.69 Å². The van der Waals surface area contributed by atoms with Crippen molar-refractivity contribution >= 4 is 40.3 Å². The molecule has 2 heterocycles. The fourth-order valence-corrected chi connectivity index (χ4v) is 4.92. The Bertz CT molecular complexity index is 1230. The lowest BCUT2D eigenvalue weighted by Crippen LogP contribution is -2.38. The smallest absolute Gasteiger partial charge is 0.416 e. The SMILES string of the molecule is NN1C(=O)/C(=C/c2cc(-c3cc(C(F)(F)F)cc(C(F)(F)F)c3)ccc2OCCN2CCOCC2)SC1=S. The summed E-state index contributed by atoms with van der Waals surface area (Å²) in [6.07, 6.45) is -8.58. The van der Waals surface area contributed by atoms with Gasteiger partial charge >= 0.3 is 12.4 Å². The third-order valence-electron chi connectivity index (χ3n) is 5.81. The van der Waals surface area contributed by atoms with Crippen LogP contribution in [0.5, 0.6) is 5.75 Å². The molecule has 0 spiro atoms. The van der Waals surface area contributed by atoms with Gasteiger partial charge in [0.2, 0.25) is 0 Å². The second-order valence-electron chi connectivity index (χ2n) is 8.40. The molecule has 2 fully saturated rings. The number of carbonyl (C=O) groups excluding carboxylic acids is 1. The molecule has 1 amide bonds. The number of halogens is 6. The monoisotopic (exact) mass is 577 g/mol. The van der Waals surface area contributed by atoms with Gasteiger partial charge in [0.15, 0.2) is 4.32 Å². The Hall–Kier alpha value is -2.65. The molecule has 38 heavy (non-hydrogen) atoms. The highest BCUT2D eigenvalue weighted by molar-refractivity contribution is 8.26. The first-order valence-electron chi connectivity index (χ1n) is 11.2. The number of morpholine rings is 1. The van der Waals surface area contributed by atoms with Crippen LogP contribution in [0.25, 0.3) is 17.2 Å². The van der Waals surface area contributed by atoms with E-state index in [1.165, 1.54) is 24.3 Å². The minimum absolute atomic E-state index is 0.0663. The molecule has 14 heteroatoms. The first kappa shape index (κ1) is 28.4. The van der Waals surface area contributed by atoms with Gasteiger partial charge in [-0.25, -0.2) is 10.9 Å². The van der Waals surface area contributed by atoms with Gasteiger partial charge in [0.1, 0.15) is 12.4 Å². The van der Waals surface area contributed by atoms with Crippen LogP contribution in [-0.2, 0) is 21.9 Å². The summed E-state index contributed by atoms with van der Waals surface area (Å²) in [6, 6.07) is 5.53. The molecule has 4 rings (SSSR count). The maximum atomic E-state index is 13.4. The van der Waals surface area contributed by atoms with E-state index in [9.17, 15) is 31.1 Å². The second kappa shape index (κ2) is 11.2. The van der Waals surface area contributed by atoms with Crippen LogP contribution in [0.4, 0.5) is 26.3 Å². The molecule has 2 aliphatic rings. The molecule has 0 bridgehead atoms. The number of hydrazine groups is 1. The van der Waals surface area contributed by atoms with Crippen LogP contribution < -0.4 is 10.6 Å². The zero-order valence-electron chi connectivity index (χ0n) is 19.6. The lowest BCUT2D eigenvalue weighted by Gasteiger charge is -2.26. The van der Waals surface area contributed by atoms with E-state index < -0.39 is 29.4 Å². The lowest BCUT2D eigenvalue weighted by molar-refractivity contribution is -0.143. The fourth-order valence-electron chi connectivity index (χ4n) is 3.82. The summed E-state index contributed by atoms with van der Waals surface area (Å²) < 4.78 is 91.7. The van der Waals surface area contributed by atoms with Crippen molar-refractivity contribution in [1.82, 2.24) is 9.91 Å². The van der Waals surface area contributed by atoms with Crippen LogP contribution in [0.1, 0.15) is 16.7 Å². The Labute approximate surface area is 223 Å². The summed E-state index contributed by atoms with van der Waals surface area (Å²) in [7, 11) is 0. The molecule has 0 radical (unpaired) electrons. The largest absolute Gasteiger partial charge is 0.492 e. The van der Waals surface area contributed by atoms with E-state index in [2.05, 4.69) is 4.90 Å². The molecule has 0 aromatic heterocycles. The van der Waals surface area contributed by atoms with Gasteiger partial charge in [-0.2, -0.15) is 26.3 Å². The van der Waals surface area contributed by atoms with Crippen LogP contribution in [0, 0.1) is 0 Å². The molecule has 0 atom stereocenters. The second-order valence-corrected chi connectivity index (χ2v) is 10.1. The molecule has 2 saturated heterocycles. The number of benzene rings is 2. The van der Waals surface area contributed by atoms with E-state index in [1.807, 2.05) is 0 Å². The summed E-state index contributed by atoms with van der Waals surface area (Å²) >= 11 is 5.94. The molecular formula is C24H21F6N3O3S2. The molecule has 0 aliphatic carbocycles. The Kier molecular flexibility index (Phi) is 8.37. The number of thiocarbonyl (C=S) groups is 1. The van der Waals surface area contributed by atoms with E-state index in [0.717, 1.165) is 29.9 Å². The molecule has 2 aromatic rings. The average molecular weight is 578 g/mol. The zero-order valence-corrected chi connectivity index (χ0v) is 21.2. The predicted octanol–water partition coefficient (Wildman–Crippen LogP) is 5.18. The molecule has 6 nitrogen and oxygen atoms in total. The number of thioether (sulfide) groups is 1. The minimum atomic E-state index is -4.99. The van der Waals surface area contributed by atoms with Crippen LogP contribution in [0.15, 0.2) is 41.3 Å². The number of rotatable bonds is 6. The van der Waals surface area contributed by atoms with Gasteiger partial charge in [-0.1, -0.05) is 30.0 Å². The van der Waals surface area contributed by atoms with Crippen molar-refractivity contribution in [1.29, 1.82) is 0 Å². The molecular weight excluding hydrogens is 556 g/mol. The summed E-state index contributed by atoms with van der Waals surface area (Å²) in [5.74, 6) is 5.31. The van der Waals surface area contributed by atoms with Crippen molar-refractivity contribution < 1.29 is 40.6 Å². The van der Waals surface area contributed by atoms with Crippen LogP contribution in [0.2, 0.25) is 0 Å². The van der Waals surface area contributed by atoms with Gasteiger partial charge in [0.25, 0.3) is 5.91 Å². The first-order chi connectivity index (χ1) is 17.8. The van der Waals surface area contributed by atoms with Crippen molar-refractivity contribution in [2.45, 2.75) is 12.4 Å². The van der Waals surface area contributed by atoms with E-state index in [0.29, 0.717) is 31.9 Å². The third-order valence-corrected chi connectivity index (χ3v) is 7.14. The molecule has 2 N–H and O–H groups in total. The fraction of sp³-hybridized carbons (Fsp3) is 0.333. The maximum absolute atomic E-state index is 13.4. The van der Waals surface area contributed by atoms with Gasteiger partial charge in [0.05, 0.1) is 29.2 Å². The Balaban J connectivity index is 1.72. The number of nitrogens with zero attached hydrogens (tertiary/aromatic N) is 2. The van der Waals surface area contributed by atoms with Gasteiger partial charge in [-0.15, -0.1) is 0 Å². The zero-order chi connectivity index (χ0) is 27.7. The standard InChI is InChI=1S/C24H21F6N3O3S2/c25-23(26,27)17-10-15(11-18(13-17)24(28,29)30)14-1-2-19(36-8-5-32-3-6-35-7-4-32)16(9-14)12-20-21(34)33(31)22(37)38-20/h1-2,9-13H,3-8,31H2/b20-12-. The minimum Gasteiger partial charge on any atom is -0.492 e. The van der Waals surface area contributed by atoms with E-state index >= 15 is 0 Å². The van der Waals surface area contributed by atoms with E-state index in [-0.39, 0.29) is 44.3 Å². The topological polar surface area (TPSA) is 68.0 Å². The number of carbonyl (C=O) groups is 1. The summed E-state index contributed by atoms with van der Waals surface area (Å²) in [6.45, 7) is 3.46. The number of nitrogens with two attached hydrogens (primary N) is 1. The highest BCUT2D eigenvalue weighted by atomic mass is 32.2. The summed E-state index contributed by atoms with van der Waals surface area (Å²) in [4.78, 5) is 14.7.